The highest BCUT2D eigenvalue weighted by Gasteiger charge is 2.08. The van der Waals surface area contributed by atoms with Gasteiger partial charge in [0.25, 0.3) is 0 Å². The number of carbonyl (C=O) groups excluding carboxylic acids is 1. The molecule has 2 rings (SSSR count). The molecule has 0 N–H and O–H groups in total. The summed E-state index contributed by atoms with van der Waals surface area (Å²) < 4.78 is 0.907. The molecule has 0 aliphatic rings. The molecule has 0 unspecified atom stereocenters. The number of ketones is 1. The van der Waals surface area contributed by atoms with Crippen molar-refractivity contribution in [2.75, 3.05) is 0 Å². The molecule has 0 spiro atoms. The normalized spacial score (nSPS) is 10.3. The SMILES string of the molecule is O=C(Cc1ccc(Br)cn1)Cc1ccccc1Cl. The topological polar surface area (TPSA) is 30.0 Å². The second kappa shape index (κ2) is 6.12. The molecule has 0 amide bonds. The van der Waals surface area contributed by atoms with Gasteiger partial charge in [-0.05, 0) is 39.7 Å². The van der Waals surface area contributed by atoms with Crippen molar-refractivity contribution in [3.8, 4) is 0 Å². The third-order valence-electron chi connectivity index (χ3n) is 2.51. The van der Waals surface area contributed by atoms with Crippen molar-refractivity contribution in [1.82, 2.24) is 4.98 Å². The summed E-state index contributed by atoms with van der Waals surface area (Å²) in [6.45, 7) is 0. The molecule has 1 aromatic heterocycles. The van der Waals surface area contributed by atoms with E-state index in [1.54, 1.807) is 12.3 Å². The van der Waals surface area contributed by atoms with Crippen molar-refractivity contribution in [3.63, 3.8) is 0 Å². The summed E-state index contributed by atoms with van der Waals surface area (Å²) >= 11 is 9.33. The number of nitrogens with zero attached hydrogens (tertiary/aromatic N) is 1. The minimum absolute atomic E-state index is 0.109. The molecular formula is C14H11BrClNO. The summed E-state index contributed by atoms with van der Waals surface area (Å²) in [7, 11) is 0. The number of hydrogen-bond donors (Lipinski definition) is 0. The number of Topliss-reactive ketones (excluding diaryl/α,β-unsaturated/α-hetero) is 1. The molecular weight excluding hydrogens is 314 g/mol. The number of hydrogen-bond acceptors (Lipinski definition) is 2. The lowest BCUT2D eigenvalue weighted by Crippen LogP contribution is -2.08. The first kappa shape index (κ1) is 13.2. The molecule has 4 heteroatoms. The number of halogens is 2. The van der Waals surface area contributed by atoms with E-state index in [0.29, 0.717) is 17.9 Å². The van der Waals surface area contributed by atoms with Gasteiger partial charge >= 0.3 is 0 Å². The predicted molar refractivity (Wildman–Crippen MR) is 75.8 cm³/mol. The van der Waals surface area contributed by atoms with Gasteiger partial charge in [-0.15, -0.1) is 0 Å². The fraction of sp³-hybridized carbons (Fsp3) is 0.143. The number of carbonyl (C=O) groups is 1. The molecule has 92 valence electrons. The van der Waals surface area contributed by atoms with E-state index in [1.165, 1.54) is 0 Å². The summed E-state index contributed by atoms with van der Waals surface area (Å²) in [5.41, 5.74) is 1.64. The summed E-state index contributed by atoms with van der Waals surface area (Å²) in [4.78, 5) is 16.1. The van der Waals surface area contributed by atoms with Gasteiger partial charge < -0.3 is 0 Å². The Balaban J connectivity index is 2.01. The molecule has 2 aromatic rings. The molecule has 0 aliphatic carbocycles. The maximum absolute atomic E-state index is 11.9. The molecule has 0 atom stereocenters. The number of pyridine rings is 1. The molecule has 18 heavy (non-hydrogen) atoms. The zero-order valence-corrected chi connectivity index (χ0v) is 11.9. The van der Waals surface area contributed by atoms with Crippen LogP contribution in [0.4, 0.5) is 0 Å². The Morgan fingerprint density at radius 2 is 1.94 bits per heavy atom. The Kier molecular flexibility index (Phi) is 4.50. The van der Waals surface area contributed by atoms with E-state index in [4.69, 9.17) is 11.6 Å². The van der Waals surface area contributed by atoms with Crippen LogP contribution in [0.3, 0.4) is 0 Å². The Bertz CT molecular complexity index is 554. The first-order valence-corrected chi connectivity index (χ1v) is 6.68. The molecule has 1 heterocycles. The van der Waals surface area contributed by atoms with E-state index in [1.807, 2.05) is 30.3 Å². The average molecular weight is 325 g/mol. The molecule has 0 radical (unpaired) electrons. The minimum atomic E-state index is 0.109. The van der Waals surface area contributed by atoms with Crippen molar-refractivity contribution in [2.45, 2.75) is 12.8 Å². The monoisotopic (exact) mass is 323 g/mol. The first-order valence-electron chi connectivity index (χ1n) is 5.50. The van der Waals surface area contributed by atoms with Crippen LogP contribution >= 0.6 is 27.5 Å². The van der Waals surface area contributed by atoms with Gasteiger partial charge in [0.05, 0.1) is 0 Å². The fourth-order valence-corrected chi connectivity index (χ4v) is 2.07. The molecule has 0 saturated heterocycles. The van der Waals surface area contributed by atoms with E-state index < -0.39 is 0 Å². The van der Waals surface area contributed by atoms with Crippen LogP contribution in [0.2, 0.25) is 5.02 Å². The van der Waals surface area contributed by atoms with Crippen molar-refractivity contribution < 1.29 is 4.79 Å². The minimum Gasteiger partial charge on any atom is -0.299 e. The maximum Gasteiger partial charge on any atom is 0.143 e. The fourth-order valence-electron chi connectivity index (χ4n) is 1.63. The number of rotatable bonds is 4. The van der Waals surface area contributed by atoms with Gasteiger partial charge in [0.15, 0.2) is 0 Å². The van der Waals surface area contributed by atoms with Crippen molar-refractivity contribution in [1.29, 1.82) is 0 Å². The molecule has 2 nitrogen and oxygen atoms in total. The standard InChI is InChI=1S/C14H11BrClNO/c15-11-5-6-12(17-9-11)8-13(18)7-10-3-1-2-4-14(10)16/h1-6,9H,7-8H2. The zero-order chi connectivity index (χ0) is 13.0. The van der Waals surface area contributed by atoms with Gasteiger partial charge in [0.1, 0.15) is 5.78 Å². The summed E-state index contributed by atoms with van der Waals surface area (Å²) in [5.74, 6) is 0.109. The lowest BCUT2D eigenvalue weighted by atomic mass is 10.1. The smallest absolute Gasteiger partial charge is 0.143 e. The maximum atomic E-state index is 11.9. The van der Waals surface area contributed by atoms with Crippen LogP contribution in [0.5, 0.6) is 0 Å². The Labute approximate surface area is 119 Å². The first-order chi connectivity index (χ1) is 8.65. The Morgan fingerprint density at radius 3 is 2.61 bits per heavy atom. The van der Waals surface area contributed by atoms with Crippen LogP contribution in [-0.4, -0.2) is 10.8 Å². The van der Waals surface area contributed by atoms with E-state index in [0.717, 1.165) is 15.7 Å². The number of aromatic nitrogens is 1. The van der Waals surface area contributed by atoms with Crippen molar-refractivity contribution in [3.05, 3.63) is 63.3 Å². The van der Waals surface area contributed by atoms with Crippen LogP contribution in [0.25, 0.3) is 0 Å². The van der Waals surface area contributed by atoms with E-state index in [-0.39, 0.29) is 5.78 Å². The Hall–Kier alpha value is -1.19. The summed E-state index contributed by atoms with van der Waals surface area (Å²) in [5, 5.41) is 0.634. The zero-order valence-electron chi connectivity index (χ0n) is 9.57. The second-order valence-electron chi connectivity index (χ2n) is 3.95. The summed E-state index contributed by atoms with van der Waals surface area (Å²) in [6, 6.07) is 11.1. The molecule has 0 aliphatic heterocycles. The second-order valence-corrected chi connectivity index (χ2v) is 5.27. The van der Waals surface area contributed by atoms with Crippen LogP contribution in [0.15, 0.2) is 47.1 Å². The van der Waals surface area contributed by atoms with Gasteiger partial charge in [-0.1, -0.05) is 29.8 Å². The highest BCUT2D eigenvalue weighted by molar-refractivity contribution is 9.10. The van der Waals surface area contributed by atoms with Gasteiger partial charge in [0.2, 0.25) is 0 Å². The molecule has 1 aromatic carbocycles. The molecule has 0 bridgehead atoms. The van der Waals surface area contributed by atoms with Gasteiger partial charge in [-0.2, -0.15) is 0 Å². The largest absolute Gasteiger partial charge is 0.299 e. The van der Waals surface area contributed by atoms with Crippen molar-refractivity contribution >= 4 is 33.3 Å². The number of benzene rings is 1. The third kappa shape index (κ3) is 3.65. The van der Waals surface area contributed by atoms with Crippen molar-refractivity contribution in [2.24, 2.45) is 0 Å². The highest BCUT2D eigenvalue weighted by Crippen LogP contribution is 2.16. The third-order valence-corrected chi connectivity index (χ3v) is 3.35. The predicted octanol–water partition coefficient (Wildman–Crippen LogP) is 3.85. The molecule has 0 saturated carbocycles. The van der Waals surface area contributed by atoms with E-state index in [9.17, 15) is 4.79 Å². The van der Waals surface area contributed by atoms with E-state index >= 15 is 0 Å². The lowest BCUT2D eigenvalue weighted by Gasteiger charge is -2.03. The quantitative estimate of drug-likeness (QED) is 0.855. The van der Waals surface area contributed by atoms with Gasteiger partial charge in [-0.3, -0.25) is 9.78 Å². The van der Waals surface area contributed by atoms with Crippen LogP contribution in [0.1, 0.15) is 11.3 Å². The van der Waals surface area contributed by atoms with E-state index in [2.05, 4.69) is 20.9 Å². The van der Waals surface area contributed by atoms with Crippen LogP contribution < -0.4 is 0 Å². The Morgan fingerprint density at radius 1 is 1.17 bits per heavy atom. The highest BCUT2D eigenvalue weighted by atomic mass is 79.9. The molecule has 0 fully saturated rings. The van der Waals surface area contributed by atoms with Crippen LogP contribution in [-0.2, 0) is 17.6 Å². The summed E-state index contributed by atoms with van der Waals surface area (Å²) in [6.07, 6.45) is 2.37. The average Bonchev–Trinajstić information content (AvgIpc) is 2.35. The van der Waals surface area contributed by atoms with Crippen LogP contribution in [0, 0.1) is 0 Å². The van der Waals surface area contributed by atoms with Gasteiger partial charge in [-0.25, -0.2) is 0 Å². The van der Waals surface area contributed by atoms with Gasteiger partial charge in [0, 0.05) is 34.2 Å². The lowest BCUT2D eigenvalue weighted by molar-refractivity contribution is -0.117.